The molecule has 0 amide bonds. The van der Waals surface area contributed by atoms with Crippen LogP contribution in [0.4, 0.5) is 0 Å². The van der Waals surface area contributed by atoms with E-state index in [9.17, 15) is 0 Å². The Morgan fingerprint density at radius 1 is 1.45 bits per heavy atom. The molecule has 1 aliphatic rings. The fourth-order valence-corrected chi connectivity index (χ4v) is 1.70. The first kappa shape index (κ1) is 7.29. The van der Waals surface area contributed by atoms with Crippen molar-refractivity contribution in [3.05, 3.63) is 28.5 Å². The maximum Gasteiger partial charge on any atom is 0.0445 e. The first-order valence-electron chi connectivity index (χ1n) is 3.98. The van der Waals surface area contributed by atoms with Crippen molar-refractivity contribution in [2.45, 2.75) is 25.2 Å². The Hall–Kier alpha value is -0.370. The van der Waals surface area contributed by atoms with Crippen LogP contribution in [0.15, 0.2) is 22.8 Å². The minimum Gasteiger partial charge on any atom is -0.261 e. The van der Waals surface area contributed by atoms with Gasteiger partial charge in [0.15, 0.2) is 0 Å². The van der Waals surface area contributed by atoms with Gasteiger partial charge in [-0.05, 0) is 25.0 Å². The Morgan fingerprint density at radius 3 is 2.82 bits per heavy atom. The number of pyridine rings is 1. The highest BCUT2D eigenvalue weighted by Crippen LogP contribution is 2.35. The van der Waals surface area contributed by atoms with Gasteiger partial charge in [-0.1, -0.05) is 22.4 Å². The molecule has 1 aromatic rings. The summed E-state index contributed by atoms with van der Waals surface area (Å²) in [6.07, 6.45) is 5.89. The highest BCUT2D eigenvalue weighted by Gasteiger charge is 2.20. The second-order valence-electron chi connectivity index (χ2n) is 3.03. The third-order valence-electron chi connectivity index (χ3n) is 2.27. The molecule has 0 atom stereocenters. The van der Waals surface area contributed by atoms with E-state index in [1.54, 1.807) is 0 Å². The molecule has 0 aromatic carbocycles. The minimum absolute atomic E-state index is 0.743. The van der Waals surface area contributed by atoms with E-state index in [1.165, 1.54) is 25.0 Å². The highest BCUT2D eigenvalue weighted by atomic mass is 79.9. The van der Waals surface area contributed by atoms with Crippen LogP contribution in [0.5, 0.6) is 0 Å². The Bertz CT molecular complexity index is 255. The summed E-state index contributed by atoms with van der Waals surface area (Å²) in [4.78, 5) is 4.33. The molecule has 1 aliphatic carbocycles. The van der Waals surface area contributed by atoms with E-state index >= 15 is 0 Å². The van der Waals surface area contributed by atoms with Gasteiger partial charge in [-0.3, -0.25) is 4.98 Å². The highest BCUT2D eigenvalue weighted by molar-refractivity contribution is 9.10. The van der Waals surface area contributed by atoms with E-state index in [-0.39, 0.29) is 0 Å². The van der Waals surface area contributed by atoms with Gasteiger partial charge in [0.2, 0.25) is 0 Å². The summed E-state index contributed by atoms with van der Waals surface area (Å²) in [6, 6.07) is 4.10. The number of nitrogens with zero attached hydrogens (tertiary/aromatic N) is 1. The topological polar surface area (TPSA) is 12.9 Å². The first-order chi connectivity index (χ1) is 5.36. The lowest BCUT2D eigenvalue weighted by molar-refractivity contribution is 0.411. The van der Waals surface area contributed by atoms with Gasteiger partial charge < -0.3 is 0 Å². The molecule has 1 nitrogen and oxygen atoms in total. The summed E-state index contributed by atoms with van der Waals surface area (Å²) in [5, 5.41) is 0. The van der Waals surface area contributed by atoms with Gasteiger partial charge in [-0.2, -0.15) is 0 Å². The first-order valence-corrected chi connectivity index (χ1v) is 4.77. The Kier molecular flexibility index (Phi) is 1.95. The van der Waals surface area contributed by atoms with Gasteiger partial charge in [0, 0.05) is 22.3 Å². The van der Waals surface area contributed by atoms with E-state index in [4.69, 9.17) is 0 Å². The van der Waals surface area contributed by atoms with Crippen LogP contribution >= 0.6 is 15.9 Å². The third-order valence-corrected chi connectivity index (χ3v) is 2.76. The molecule has 11 heavy (non-hydrogen) atoms. The monoisotopic (exact) mass is 211 g/mol. The summed E-state index contributed by atoms with van der Waals surface area (Å²) in [5.74, 6) is 0.743. The third kappa shape index (κ3) is 1.45. The molecule has 0 bridgehead atoms. The minimum atomic E-state index is 0.743. The zero-order valence-electron chi connectivity index (χ0n) is 6.26. The van der Waals surface area contributed by atoms with Crippen molar-refractivity contribution in [1.82, 2.24) is 4.98 Å². The van der Waals surface area contributed by atoms with Crippen LogP contribution in [0.3, 0.4) is 0 Å². The lowest BCUT2D eigenvalue weighted by atomic mass is 9.83. The summed E-state index contributed by atoms with van der Waals surface area (Å²) < 4.78 is 1.15. The number of halogens is 1. The quantitative estimate of drug-likeness (QED) is 0.696. The van der Waals surface area contributed by atoms with Crippen molar-refractivity contribution in [3.8, 4) is 0 Å². The van der Waals surface area contributed by atoms with Crippen molar-refractivity contribution < 1.29 is 0 Å². The zero-order chi connectivity index (χ0) is 7.68. The zero-order valence-corrected chi connectivity index (χ0v) is 7.84. The molecule has 0 spiro atoms. The van der Waals surface area contributed by atoms with Crippen LogP contribution in [0, 0.1) is 0 Å². The van der Waals surface area contributed by atoms with E-state index in [2.05, 4.69) is 27.0 Å². The van der Waals surface area contributed by atoms with Gasteiger partial charge in [0.05, 0.1) is 0 Å². The molecule has 58 valence electrons. The summed E-state index contributed by atoms with van der Waals surface area (Å²) >= 11 is 3.44. The Morgan fingerprint density at radius 2 is 2.27 bits per heavy atom. The number of hydrogen-bond acceptors (Lipinski definition) is 1. The second kappa shape index (κ2) is 2.94. The van der Waals surface area contributed by atoms with E-state index in [1.807, 2.05) is 12.3 Å². The molecule has 0 aliphatic heterocycles. The van der Waals surface area contributed by atoms with Gasteiger partial charge in [0.25, 0.3) is 0 Å². The Balaban J connectivity index is 2.23. The fourth-order valence-electron chi connectivity index (χ4n) is 1.35. The van der Waals surface area contributed by atoms with Gasteiger partial charge in [-0.15, -0.1) is 0 Å². The normalized spacial score (nSPS) is 17.9. The molecule has 0 saturated heterocycles. The molecule has 2 rings (SSSR count). The molecular weight excluding hydrogens is 202 g/mol. The molecule has 1 saturated carbocycles. The van der Waals surface area contributed by atoms with Gasteiger partial charge in [-0.25, -0.2) is 0 Å². The summed E-state index contributed by atoms with van der Waals surface area (Å²) in [7, 11) is 0. The standard InChI is InChI=1S/C9H10BrN/c10-8-4-5-11-9(6-8)7-2-1-3-7/h4-7H,1-3H2. The smallest absolute Gasteiger partial charge is 0.0445 e. The molecule has 1 heterocycles. The fraction of sp³-hybridized carbons (Fsp3) is 0.444. The van der Waals surface area contributed by atoms with Crippen LogP contribution in [-0.4, -0.2) is 4.98 Å². The molecule has 0 unspecified atom stereocenters. The molecule has 0 N–H and O–H groups in total. The predicted molar refractivity (Wildman–Crippen MR) is 48.5 cm³/mol. The van der Waals surface area contributed by atoms with Crippen molar-refractivity contribution >= 4 is 15.9 Å². The van der Waals surface area contributed by atoms with Crippen LogP contribution in [-0.2, 0) is 0 Å². The van der Waals surface area contributed by atoms with Crippen LogP contribution in [0.2, 0.25) is 0 Å². The number of hydrogen-bond donors (Lipinski definition) is 0. The molecule has 0 radical (unpaired) electrons. The second-order valence-corrected chi connectivity index (χ2v) is 3.94. The van der Waals surface area contributed by atoms with Crippen LogP contribution < -0.4 is 0 Å². The van der Waals surface area contributed by atoms with Crippen molar-refractivity contribution in [3.63, 3.8) is 0 Å². The predicted octanol–water partition coefficient (Wildman–Crippen LogP) is 3.11. The molecule has 1 aromatic heterocycles. The van der Waals surface area contributed by atoms with E-state index in [0.717, 1.165) is 10.4 Å². The number of rotatable bonds is 1. The average Bonchev–Trinajstić information content (AvgIpc) is 1.83. The number of aromatic nitrogens is 1. The Labute approximate surface area is 75.0 Å². The lowest BCUT2D eigenvalue weighted by Crippen LogP contribution is -2.09. The molecular formula is C9H10BrN. The van der Waals surface area contributed by atoms with E-state index < -0.39 is 0 Å². The summed E-state index contributed by atoms with van der Waals surface area (Å²) in [5.41, 5.74) is 1.26. The summed E-state index contributed by atoms with van der Waals surface area (Å²) in [6.45, 7) is 0. The molecule has 1 fully saturated rings. The van der Waals surface area contributed by atoms with Crippen LogP contribution in [0.1, 0.15) is 30.9 Å². The largest absolute Gasteiger partial charge is 0.261 e. The van der Waals surface area contributed by atoms with Crippen molar-refractivity contribution in [2.24, 2.45) is 0 Å². The molecule has 2 heteroatoms. The van der Waals surface area contributed by atoms with Gasteiger partial charge >= 0.3 is 0 Å². The maximum absolute atomic E-state index is 4.33. The van der Waals surface area contributed by atoms with E-state index in [0.29, 0.717) is 0 Å². The van der Waals surface area contributed by atoms with Crippen molar-refractivity contribution in [2.75, 3.05) is 0 Å². The van der Waals surface area contributed by atoms with Crippen LogP contribution in [0.25, 0.3) is 0 Å². The van der Waals surface area contributed by atoms with Gasteiger partial charge in [0.1, 0.15) is 0 Å². The lowest BCUT2D eigenvalue weighted by Gasteiger charge is -2.24. The SMILES string of the molecule is Brc1ccnc(C2CCC2)c1. The maximum atomic E-state index is 4.33. The van der Waals surface area contributed by atoms with Crippen molar-refractivity contribution in [1.29, 1.82) is 0 Å². The average molecular weight is 212 g/mol.